The van der Waals surface area contributed by atoms with Crippen LogP contribution in [0.3, 0.4) is 0 Å². The Labute approximate surface area is 445 Å². The van der Waals surface area contributed by atoms with E-state index in [0.717, 1.165) is 141 Å². The smallest absolute Gasteiger partial charge is 0.305 e. The van der Waals surface area contributed by atoms with Crippen LogP contribution < -0.4 is 9.47 Å². The van der Waals surface area contributed by atoms with Gasteiger partial charge in [0.1, 0.15) is 22.7 Å². The van der Waals surface area contributed by atoms with Crippen molar-refractivity contribution in [2.75, 3.05) is 19.8 Å². The van der Waals surface area contributed by atoms with Crippen molar-refractivity contribution in [2.45, 2.75) is 213 Å². The molecule has 0 atom stereocenters. The van der Waals surface area contributed by atoms with E-state index in [9.17, 15) is 19.8 Å². The van der Waals surface area contributed by atoms with Crippen LogP contribution in [0.15, 0.2) is 72.8 Å². The molecule has 3 N–H and O–H groups in total. The van der Waals surface area contributed by atoms with Crippen LogP contribution in [-0.2, 0) is 25.2 Å². The number of hydrogen-bond donors (Lipinski definition) is 3. The third-order valence-electron chi connectivity index (χ3n) is 16.0. The van der Waals surface area contributed by atoms with E-state index < -0.39 is 17.2 Å². The van der Waals surface area contributed by atoms with E-state index in [2.05, 4.69) is 152 Å². The maximum Gasteiger partial charge on any atom is 0.305 e. The molecule has 0 spiro atoms. The van der Waals surface area contributed by atoms with Crippen molar-refractivity contribution in [1.29, 1.82) is 0 Å². The molecule has 2 aliphatic rings. The molecule has 2 saturated carbocycles. The number of rotatable bonds is 21. The van der Waals surface area contributed by atoms with E-state index in [-0.39, 0.29) is 23.2 Å². The minimum Gasteiger partial charge on any atom is -0.493 e. The monoisotopic (exact) mass is 1010 g/mol. The number of carboxylic acids is 1. The van der Waals surface area contributed by atoms with E-state index in [1.54, 1.807) is 0 Å². The number of aliphatic carboxylic acids is 1. The second kappa shape index (κ2) is 28.4. The highest BCUT2D eigenvalue weighted by Crippen LogP contribution is 2.43. The van der Waals surface area contributed by atoms with E-state index >= 15 is 0 Å². The zero-order valence-corrected chi connectivity index (χ0v) is 46.6. The first-order valence-electron chi connectivity index (χ1n) is 28.1. The zero-order chi connectivity index (χ0) is 53.8. The summed E-state index contributed by atoms with van der Waals surface area (Å²) in [4.78, 5) is 22.2. The number of benzene rings is 4. The Morgan fingerprint density at radius 2 is 0.878 bits per heavy atom. The first-order chi connectivity index (χ1) is 35.5. The second-order valence-corrected chi connectivity index (χ2v) is 21.1. The lowest BCUT2D eigenvalue weighted by Gasteiger charge is -2.34. The Bertz CT molecular complexity index is 2580. The van der Waals surface area contributed by atoms with Gasteiger partial charge in [-0.05, 0) is 206 Å². The molecular formula is C66H88O8. The standard InChI is InChI=1S/C34H46O4.C32H42O4/c1-6-34(7-2,29-16-15-28(26(4)24-29)19-22-33(36)20-11-9-12-21-33)30-17-18-31(27(5)25-30)38-23-13-10-14-32(35)37-8-3;1-5-32(6-2,28-15-16-29(25(4)23-28)36-21-11-8-12-30(33)34)27-14-13-26(24(3)22-27)17-20-31(35)18-9-7-10-19-31/h15-18,24-25,36H,6-14,20-21,23H2,1-5H3;13-16,22-23,35H,5-12,18-19,21H2,1-4H3,(H,33,34). The first kappa shape index (κ1) is 59.3. The van der Waals surface area contributed by atoms with E-state index in [1.165, 1.54) is 35.1 Å². The molecule has 0 aromatic heterocycles. The highest BCUT2D eigenvalue weighted by molar-refractivity contribution is 5.69. The molecule has 0 bridgehead atoms. The maximum absolute atomic E-state index is 11.5. The van der Waals surface area contributed by atoms with Gasteiger partial charge in [-0.1, -0.05) is 113 Å². The lowest BCUT2D eigenvalue weighted by Crippen LogP contribution is -2.29. The lowest BCUT2D eigenvalue weighted by molar-refractivity contribution is -0.143. The molecule has 0 unspecified atom stereocenters. The summed E-state index contributed by atoms with van der Waals surface area (Å²) in [7, 11) is 0. The summed E-state index contributed by atoms with van der Waals surface area (Å²) in [5.74, 6) is 13.8. The molecule has 2 aliphatic carbocycles. The van der Waals surface area contributed by atoms with Crippen molar-refractivity contribution in [1.82, 2.24) is 0 Å². The number of aliphatic hydroxyl groups is 2. The van der Waals surface area contributed by atoms with Gasteiger partial charge in [-0.2, -0.15) is 0 Å². The summed E-state index contributed by atoms with van der Waals surface area (Å²) >= 11 is 0. The molecule has 0 amide bonds. The van der Waals surface area contributed by atoms with Crippen molar-refractivity contribution in [2.24, 2.45) is 0 Å². The summed E-state index contributed by atoms with van der Waals surface area (Å²) in [5, 5.41) is 30.4. The Hall–Kier alpha value is -5.54. The maximum atomic E-state index is 11.5. The number of hydrogen-bond acceptors (Lipinski definition) is 7. The zero-order valence-electron chi connectivity index (χ0n) is 46.6. The fourth-order valence-corrected chi connectivity index (χ4v) is 11.1. The topological polar surface area (TPSA) is 123 Å². The highest BCUT2D eigenvalue weighted by Gasteiger charge is 2.34. The number of unbranched alkanes of at least 4 members (excludes halogenated alkanes) is 2. The first-order valence-corrected chi connectivity index (χ1v) is 28.1. The van der Waals surface area contributed by atoms with E-state index in [0.29, 0.717) is 32.7 Å². The van der Waals surface area contributed by atoms with Crippen LogP contribution >= 0.6 is 0 Å². The second-order valence-electron chi connectivity index (χ2n) is 21.1. The number of carboxylic acid groups (broad SMARTS) is 1. The van der Waals surface area contributed by atoms with Gasteiger partial charge in [0.05, 0.1) is 19.8 Å². The molecule has 8 heteroatoms. The summed E-state index contributed by atoms with van der Waals surface area (Å²) in [6.45, 7) is 20.8. The van der Waals surface area contributed by atoms with Crippen LogP contribution in [0.5, 0.6) is 11.5 Å². The SMILES string of the molecule is CCC(CC)(c1ccc(C#CC2(O)CCCCC2)c(C)c1)c1ccc(OCCCCC(=O)O)c(C)c1.CCOC(=O)CCCCOc1ccc(C(CC)(CC)c2ccc(C#CC3(O)CCCCC3)c(C)c2)cc1C. The molecule has 4 aromatic rings. The van der Waals surface area contributed by atoms with Gasteiger partial charge in [0.2, 0.25) is 0 Å². The quantitative estimate of drug-likeness (QED) is 0.0429. The predicted molar refractivity (Wildman–Crippen MR) is 300 cm³/mol. The average molecular weight is 1010 g/mol. The van der Waals surface area contributed by atoms with Crippen LogP contribution in [0.25, 0.3) is 0 Å². The molecule has 0 saturated heterocycles. The van der Waals surface area contributed by atoms with Gasteiger partial charge in [-0.25, -0.2) is 0 Å². The molecule has 0 heterocycles. The van der Waals surface area contributed by atoms with Crippen molar-refractivity contribution in [3.63, 3.8) is 0 Å². The number of aryl methyl sites for hydroxylation is 4. The molecule has 8 nitrogen and oxygen atoms in total. The molecule has 0 radical (unpaired) electrons. The molecule has 0 aliphatic heterocycles. The summed E-state index contributed by atoms with van der Waals surface area (Å²) in [6, 6.07) is 26.3. The lowest BCUT2D eigenvalue weighted by atomic mass is 9.70. The van der Waals surface area contributed by atoms with Crippen LogP contribution in [0, 0.1) is 51.4 Å². The minimum absolute atomic E-state index is 0.0960. The number of esters is 1. The molecule has 2 fully saturated rings. The summed E-state index contributed by atoms with van der Waals surface area (Å²) < 4.78 is 17.0. The van der Waals surface area contributed by atoms with Crippen LogP contribution in [-0.4, -0.2) is 58.3 Å². The van der Waals surface area contributed by atoms with Crippen molar-refractivity contribution in [3.05, 3.63) is 128 Å². The Morgan fingerprint density at radius 1 is 0.514 bits per heavy atom. The number of ether oxygens (including phenoxy) is 3. The van der Waals surface area contributed by atoms with Crippen LogP contribution in [0.1, 0.15) is 219 Å². The van der Waals surface area contributed by atoms with Gasteiger partial charge in [0, 0.05) is 34.8 Å². The van der Waals surface area contributed by atoms with E-state index in [1.807, 2.05) is 6.92 Å². The average Bonchev–Trinajstić information content (AvgIpc) is 3.38. The third kappa shape index (κ3) is 16.0. The molecule has 74 heavy (non-hydrogen) atoms. The van der Waals surface area contributed by atoms with E-state index in [4.69, 9.17) is 19.3 Å². The predicted octanol–water partition coefficient (Wildman–Crippen LogP) is 14.7. The molecule has 400 valence electrons. The number of carbonyl (C=O) groups excluding carboxylic acids is 1. The van der Waals surface area contributed by atoms with Crippen LogP contribution in [0.2, 0.25) is 0 Å². The fraction of sp³-hybridized carbons (Fsp3) is 0.545. The normalized spacial score (nSPS) is 15.0. The van der Waals surface area contributed by atoms with Gasteiger partial charge in [-0.15, -0.1) is 0 Å². The molecule has 4 aromatic carbocycles. The Kier molecular flexibility index (Phi) is 22.8. The third-order valence-corrected chi connectivity index (χ3v) is 16.0. The summed E-state index contributed by atoms with van der Waals surface area (Å²) in [6.07, 6.45) is 17.2. The highest BCUT2D eigenvalue weighted by atomic mass is 16.5. The number of carbonyl (C=O) groups is 2. The van der Waals surface area contributed by atoms with Gasteiger partial charge in [0.15, 0.2) is 0 Å². The van der Waals surface area contributed by atoms with Gasteiger partial charge in [0.25, 0.3) is 0 Å². The van der Waals surface area contributed by atoms with Crippen molar-refractivity contribution >= 4 is 11.9 Å². The van der Waals surface area contributed by atoms with Gasteiger partial charge >= 0.3 is 11.9 Å². The van der Waals surface area contributed by atoms with Gasteiger partial charge < -0.3 is 29.5 Å². The van der Waals surface area contributed by atoms with Crippen molar-refractivity contribution in [3.8, 4) is 35.2 Å². The van der Waals surface area contributed by atoms with Crippen LogP contribution in [0.4, 0.5) is 0 Å². The Morgan fingerprint density at radius 3 is 1.22 bits per heavy atom. The largest absolute Gasteiger partial charge is 0.493 e. The molecule has 6 rings (SSSR count). The van der Waals surface area contributed by atoms with Gasteiger partial charge in [-0.3, -0.25) is 9.59 Å². The fourth-order valence-electron chi connectivity index (χ4n) is 11.1. The van der Waals surface area contributed by atoms with Crippen molar-refractivity contribution < 1.29 is 39.1 Å². The summed E-state index contributed by atoms with van der Waals surface area (Å²) in [5.41, 5.74) is 9.78. The minimum atomic E-state index is -0.836. The Balaban J connectivity index is 0.000000274. The molecular weight excluding hydrogens is 921 g/mol.